The Kier molecular flexibility index (Phi) is 14.7. The summed E-state index contributed by atoms with van der Waals surface area (Å²) in [5.74, 6) is -3.77. The van der Waals surface area contributed by atoms with Gasteiger partial charge >= 0.3 is 0 Å². The number of hydrogen-bond acceptors (Lipinski definition) is 10. The SMILES string of the molecule is CCCN1CC(=O)N(CC)C12C[C@@H](C(=O)NC(CCC(C)C)C(=O)C(=O)NC1CC1)N(C(=O)[C@@H](NC(=O)[C@@H](NC(=O)c1cnccn1)C1CCCCC1)C(C)(C)C)C2. The molecule has 0 aromatic carbocycles. The predicted molar refractivity (Wildman–Crippen MR) is 216 cm³/mol. The summed E-state index contributed by atoms with van der Waals surface area (Å²) in [7, 11) is 0. The van der Waals surface area contributed by atoms with Gasteiger partial charge in [-0.3, -0.25) is 43.4 Å². The third-order valence-electron chi connectivity index (χ3n) is 12.1. The molecule has 6 amide bonds. The van der Waals surface area contributed by atoms with Crippen molar-refractivity contribution in [2.24, 2.45) is 17.3 Å². The molecular weight excluding hydrogens is 743 g/mol. The van der Waals surface area contributed by atoms with Crippen molar-refractivity contribution in [3.8, 4) is 0 Å². The minimum Gasteiger partial charge on any atom is -0.347 e. The van der Waals surface area contributed by atoms with Crippen LogP contribution >= 0.6 is 0 Å². The number of likely N-dealkylation sites (tertiary alicyclic amines) is 1. The second kappa shape index (κ2) is 19.1. The van der Waals surface area contributed by atoms with Crippen LogP contribution in [-0.2, 0) is 28.8 Å². The largest absolute Gasteiger partial charge is 0.347 e. The molecule has 5 atom stereocenters. The Bertz CT molecular complexity index is 1670. The lowest BCUT2D eigenvalue weighted by Gasteiger charge is -2.41. The first-order valence-electron chi connectivity index (χ1n) is 21.4. The molecule has 2 unspecified atom stereocenters. The predicted octanol–water partition coefficient (Wildman–Crippen LogP) is 2.33. The number of nitrogens with one attached hydrogen (secondary N) is 4. The molecule has 1 spiro atoms. The van der Waals surface area contributed by atoms with Crippen molar-refractivity contribution in [3.63, 3.8) is 0 Å². The van der Waals surface area contributed by atoms with Gasteiger partial charge in [0.15, 0.2) is 0 Å². The molecule has 4 aliphatic rings. The Morgan fingerprint density at radius 3 is 2.22 bits per heavy atom. The third kappa shape index (κ3) is 10.4. The highest BCUT2D eigenvalue weighted by Crippen LogP contribution is 2.41. The normalized spacial score (nSPS) is 23.1. The molecule has 16 heteroatoms. The highest BCUT2D eigenvalue weighted by atomic mass is 16.2. The maximum absolute atomic E-state index is 15.2. The van der Waals surface area contributed by atoms with Crippen molar-refractivity contribution in [3.05, 3.63) is 24.3 Å². The van der Waals surface area contributed by atoms with Gasteiger partial charge in [-0.1, -0.05) is 60.8 Å². The van der Waals surface area contributed by atoms with E-state index in [9.17, 15) is 28.8 Å². The summed E-state index contributed by atoms with van der Waals surface area (Å²) in [4.78, 5) is 111. The highest BCUT2D eigenvalue weighted by molar-refractivity contribution is 6.38. The van der Waals surface area contributed by atoms with E-state index in [0.29, 0.717) is 32.4 Å². The summed E-state index contributed by atoms with van der Waals surface area (Å²) in [6.45, 7) is 14.3. The number of carbonyl (C=O) groups is 7. The topological polar surface area (TPSA) is 203 Å². The van der Waals surface area contributed by atoms with E-state index in [1.807, 2.05) is 53.4 Å². The van der Waals surface area contributed by atoms with E-state index in [4.69, 9.17) is 0 Å². The van der Waals surface area contributed by atoms with Crippen LogP contribution in [0.1, 0.15) is 130 Å². The second-order valence-electron chi connectivity index (χ2n) is 18.1. The van der Waals surface area contributed by atoms with Gasteiger partial charge in [0.25, 0.3) is 11.8 Å². The van der Waals surface area contributed by atoms with Crippen LogP contribution in [0.15, 0.2) is 18.6 Å². The standard InChI is InChI=1S/C42H65N9O7/c1-8-21-49-24-32(52)51(9-2)42(49)22-31(37(55)46-29(18-15-26(3)4)34(53)39(57)45-28-16-17-28)50(25-42)40(58)35(41(5,6)7)48-38(56)33(27-13-11-10-12-14-27)47-36(54)30-23-43-19-20-44-30/h19-20,23,26-29,31,33,35H,8-18,21-22,24-25H2,1-7H3,(H,45,57)(H,46,55)(H,47,54)(H,48,56)/t29?,31-,33-,35+,42?/m0/s1. The molecule has 2 aliphatic heterocycles. The van der Waals surface area contributed by atoms with E-state index >= 15 is 4.79 Å². The Labute approximate surface area is 342 Å². The molecule has 5 rings (SSSR count). The molecule has 320 valence electrons. The van der Waals surface area contributed by atoms with E-state index in [0.717, 1.165) is 38.5 Å². The number of likely N-dealkylation sites (N-methyl/N-ethyl adjacent to an activating group) is 1. The average molecular weight is 808 g/mol. The summed E-state index contributed by atoms with van der Waals surface area (Å²) >= 11 is 0. The average Bonchev–Trinajstić information content (AvgIpc) is 3.86. The Hall–Kier alpha value is -4.47. The van der Waals surface area contributed by atoms with Crippen LogP contribution in [0.3, 0.4) is 0 Å². The van der Waals surface area contributed by atoms with Gasteiger partial charge in [-0.05, 0) is 69.1 Å². The molecule has 3 heterocycles. The number of nitrogens with zero attached hydrogens (tertiary/aromatic N) is 5. The van der Waals surface area contributed by atoms with Crippen molar-refractivity contribution < 1.29 is 33.6 Å². The Morgan fingerprint density at radius 1 is 0.931 bits per heavy atom. The number of aromatic nitrogens is 2. The smallest absolute Gasteiger partial charge is 0.289 e. The first-order valence-corrected chi connectivity index (χ1v) is 21.4. The third-order valence-corrected chi connectivity index (χ3v) is 12.1. The van der Waals surface area contributed by atoms with E-state index < -0.39 is 70.6 Å². The maximum Gasteiger partial charge on any atom is 0.289 e. The second-order valence-corrected chi connectivity index (χ2v) is 18.1. The quantitative estimate of drug-likeness (QED) is 0.169. The molecule has 1 aromatic heterocycles. The fraction of sp³-hybridized carbons (Fsp3) is 0.738. The van der Waals surface area contributed by atoms with Crippen molar-refractivity contribution >= 4 is 41.2 Å². The number of amides is 6. The van der Waals surface area contributed by atoms with Gasteiger partial charge in [0.05, 0.1) is 25.3 Å². The minimum absolute atomic E-state index is 0.00576. The fourth-order valence-corrected chi connectivity index (χ4v) is 8.81. The summed E-state index contributed by atoms with van der Waals surface area (Å²) < 4.78 is 0. The summed E-state index contributed by atoms with van der Waals surface area (Å²) in [6.07, 6.45) is 11.6. The van der Waals surface area contributed by atoms with Gasteiger partial charge in [0.2, 0.25) is 29.4 Å². The molecule has 4 fully saturated rings. The summed E-state index contributed by atoms with van der Waals surface area (Å²) in [6, 6.07) is -4.42. The zero-order valence-corrected chi connectivity index (χ0v) is 35.5. The molecule has 0 bridgehead atoms. The number of Topliss-reactive ketones (excluding diaryl/α,β-unsaturated/α-hetero) is 1. The molecule has 16 nitrogen and oxygen atoms in total. The van der Waals surface area contributed by atoms with Crippen molar-refractivity contribution in [1.29, 1.82) is 0 Å². The number of ketones is 1. The van der Waals surface area contributed by atoms with Crippen molar-refractivity contribution in [1.82, 2.24) is 45.9 Å². The first kappa shape index (κ1) is 44.6. The maximum atomic E-state index is 15.2. The highest BCUT2D eigenvalue weighted by Gasteiger charge is 2.60. The van der Waals surface area contributed by atoms with Crippen LogP contribution in [-0.4, -0.2) is 128 Å². The number of hydrogen-bond donors (Lipinski definition) is 4. The minimum atomic E-state index is -1.15. The van der Waals surface area contributed by atoms with Crippen molar-refractivity contribution in [2.45, 2.75) is 155 Å². The van der Waals surface area contributed by atoms with Crippen LogP contribution in [0.25, 0.3) is 0 Å². The van der Waals surface area contributed by atoms with Crippen LogP contribution < -0.4 is 21.3 Å². The fourth-order valence-electron chi connectivity index (χ4n) is 8.81. The van der Waals surface area contributed by atoms with Gasteiger partial charge in [-0.15, -0.1) is 0 Å². The zero-order chi connectivity index (χ0) is 42.4. The van der Waals surface area contributed by atoms with Crippen LogP contribution in [0.2, 0.25) is 0 Å². The molecule has 2 saturated carbocycles. The lowest BCUT2D eigenvalue weighted by molar-refractivity contribution is -0.145. The lowest BCUT2D eigenvalue weighted by Crippen LogP contribution is -2.62. The first-order chi connectivity index (χ1) is 27.5. The summed E-state index contributed by atoms with van der Waals surface area (Å²) in [5, 5.41) is 11.5. The molecule has 0 radical (unpaired) electrons. The monoisotopic (exact) mass is 808 g/mol. The molecule has 2 saturated heterocycles. The number of rotatable bonds is 17. The molecule has 58 heavy (non-hydrogen) atoms. The van der Waals surface area contributed by atoms with Gasteiger partial charge in [-0.2, -0.15) is 0 Å². The molecule has 4 N–H and O–H groups in total. The molecular formula is C42H65N9O7. The van der Waals surface area contributed by atoms with Gasteiger partial charge in [-0.25, -0.2) is 4.98 Å². The van der Waals surface area contributed by atoms with E-state index in [1.165, 1.54) is 23.5 Å². The number of carbonyl (C=O) groups excluding carboxylic acids is 7. The van der Waals surface area contributed by atoms with Gasteiger partial charge < -0.3 is 31.1 Å². The van der Waals surface area contributed by atoms with E-state index in [-0.39, 0.29) is 55.4 Å². The van der Waals surface area contributed by atoms with Crippen LogP contribution in [0.5, 0.6) is 0 Å². The lowest BCUT2D eigenvalue weighted by atomic mass is 9.82. The Balaban J connectivity index is 1.48. The molecule has 1 aromatic rings. The molecule has 2 aliphatic carbocycles. The van der Waals surface area contributed by atoms with Gasteiger partial charge in [0.1, 0.15) is 29.5 Å². The van der Waals surface area contributed by atoms with Gasteiger partial charge in [0, 0.05) is 37.9 Å². The van der Waals surface area contributed by atoms with Crippen LogP contribution in [0.4, 0.5) is 0 Å². The zero-order valence-electron chi connectivity index (χ0n) is 35.5. The Morgan fingerprint density at radius 2 is 1.64 bits per heavy atom. The van der Waals surface area contributed by atoms with E-state index in [2.05, 4.69) is 31.2 Å². The van der Waals surface area contributed by atoms with Crippen LogP contribution in [0, 0.1) is 17.3 Å². The van der Waals surface area contributed by atoms with E-state index in [1.54, 1.807) is 4.90 Å². The summed E-state index contributed by atoms with van der Waals surface area (Å²) in [5.41, 5.74) is -1.82. The van der Waals surface area contributed by atoms with Crippen molar-refractivity contribution in [2.75, 3.05) is 26.2 Å².